The number of imide groups is 2. The lowest BCUT2D eigenvalue weighted by Gasteiger charge is -2.32. The van der Waals surface area contributed by atoms with Crippen molar-refractivity contribution in [3.05, 3.63) is 64.5 Å². The van der Waals surface area contributed by atoms with Gasteiger partial charge in [0, 0.05) is 19.2 Å². The maximum Gasteiger partial charge on any atom is 0.262 e. The minimum atomic E-state index is -1.08. The molecule has 3 aliphatic rings. The van der Waals surface area contributed by atoms with Crippen LogP contribution in [-0.4, -0.2) is 57.5 Å². The summed E-state index contributed by atoms with van der Waals surface area (Å²) in [6.45, 7) is 1.87. The van der Waals surface area contributed by atoms with Gasteiger partial charge in [-0.1, -0.05) is 6.07 Å². The minimum absolute atomic E-state index is 0.0705. The van der Waals surface area contributed by atoms with E-state index < -0.39 is 41.4 Å². The average molecular weight is 468 g/mol. The second-order valence-electron chi connectivity index (χ2n) is 8.88. The molecule has 1 unspecified atom stereocenters. The Hall–Kier alpha value is -3.53. The lowest BCUT2D eigenvalue weighted by molar-refractivity contribution is -0.136. The summed E-state index contributed by atoms with van der Waals surface area (Å²) in [5.74, 6) is -4.18. The normalized spacial score (nSPS) is 21.7. The van der Waals surface area contributed by atoms with Crippen molar-refractivity contribution in [2.75, 3.05) is 13.1 Å². The number of carbonyl (C=O) groups excluding carboxylic acids is 4. The summed E-state index contributed by atoms with van der Waals surface area (Å²) in [6.07, 6.45) is 2.78. The van der Waals surface area contributed by atoms with Gasteiger partial charge in [0.2, 0.25) is 17.8 Å². The summed E-state index contributed by atoms with van der Waals surface area (Å²) < 4.78 is 27.5. The topological polar surface area (TPSA) is 99.7 Å². The number of halogens is 2. The Morgan fingerprint density at radius 3 is 2.44 bits per heavy atom. The van der Waals surface area contributed by atoms with Crippen LogP contribution < -0.4 is 5.32 Å². The molecule has 3 aliphatic heterocycles. The van der Waals surface area contributed by atoms with Gasteiger partial charge < -0.3 is 0 Å². The molecule has 10 heteroatoms. The van der Waals surface area contributed by atoms with Gasteiger partial charge in [0.05, 0.1) is 11.1 Å². The number of benzene rings is 1. The van der Waals surface area contributed by atoms with Crippen molar-refractivity contribution in [1.29, 1.82) is 0 Å². The van der Waals surface area contributed by atoms with E-state index in [9.17, 15) is 28.0 Å². The highest BCUT2D eigenvalue weighted by Gasteiger charge is 2.44. The Bertz CT molecular complexity index is 1210. The van der Waals surface area contributed by atoms with Crippen molar-refractivity contribution in [3.8, 4) is 0 Å². The van der Waals surface area contributed by atoms with Gasteiger partial charge in [-0.25, -0.2) is 9.37 Å². The fourth-order valence-corrected chi connectivity index (χ4v) is 5.02. The van der Waals surface area contributed by atoms with Gasteiger partial charge in [-0.2, -0.15) is 4.39 Å². The summed E-state index contributed by atoms with van der Waals surface area (Å²) in [6, 6.07) is 5.58. The zero-order chi connectivity index (χ0) is 24.0. The number of rotatable bonds is 4. The number of piperidine rings is 2. The molecule has 2 saturated heterocycles. The number of nitrogens with one attached hydrogen (secondary N) is 1. The van der Waals surface area contributed by atoms with Crippen LogP contribution in [0.15, 0.2) is 30.5 Å². The van der Waals surface area contributed by atoms with Gasteiger partial charge in [-0.05, 0) is 67.6 Å². The van der Waals surface area contributed by atoms with Gasteiger partial charge in [0.15, 0.2) is 5.82 Å². The highest BCUT2D eigenvalue weighted by Crippen LogP contribution is 2.32. The highest BCUT2D eigenvalue weighted by atomic mass is 19.2. The van der Waals surface area contributed by atoms with Crippen LogP contribution in [0.2, 0.25) is 0 Å². The van der Waals surface area contributed by atoms with Crippen molar-refractivity contribution >= 4 is 23.6 Å². The Morgan fingerprint density at radius 1 is 0.971 bits per heavy atom. The maximum atomic E-state index is 14.1. The first-order valence-corrected chi connectivity index (χ1v) is 11.2. The first-order valence-electron chi connectivity index (χ1n) is 11.2. The van der Waals surface area contributed by atoms with E-state index >= 15 is 0 Å². The van der Waals surface area contributed by atoms with Crippen LogP contribution >= 0.6 is 0 Å². The summed E-state index contributed by atoms with van der Waals surface area (Å²) in [4.78, 5) is 55.9. The molecular weight excluding hydrogens is 446 g/mol. The van der Waals surface area contributed by atoms with Crippen LogP contribution in [0, 0.1) is 11.8 Å². The molecule has 1 aromatic carbocycles. The smallest absolute Gasteiger partial charge is 0.262 e. The molecule has 8 nitrogen and oxygen atoms in total. The largest absolute Gasteiger partial charge is 0.299 e. The fraction of sp³-hybridized carbons (Fsp3) is 0.375. The van der Waals surface area contributed by atoms with Crippen LogP contribution in [0.3, 0.4) is 0 Å². The average Bonchev–Trinajstić information content (AvgIpc) is 3.06. The van der Waals surface area contributed by atoms with E-state index in [2.05, 4.69) is 15.2 Å². The standard InChI is InChI=1S/C24H22F2N4O4/c25-20-15(5-8-27-21(20)26)14-6-9-29(10-7-14)12-13-1-2-16-17(11-13)24(34)30(23(16)33)18-3-4-19(31)28-22(18)32/h1-2,5,8,11,14,18H,3-4,6-7,9-10,12H2,(H,28,31,32). The number of amides is 4. The summed E-state index contributed by atoms with van der Waals surface area (Å²) >= 11 is 0. The molecule has 2 fully saturated rings. The molecule has 0 radical (unpaired) electrons. The summed E-state index contributed by atoms with van der Waals surface area (Å²) in [7, 11) is 0. The van der Waals surface area contributed by atoms with Crippen LogP contribution in [0.1, 0.15) is 63.4 Å². The molecule has 4 amide bonds. The third kappa shape index (κ3) is 3.87. The van der Waals surface area contributed by atoms with E-state index in [1.54, 1.807) is 18.2 Å². The second kappa shape index (κ2) is 8.68. The van der Waals surface area contributed by atoms with Crippen LogP contribution in [-0.2, 0) is 16.1 Å². The Balaban J connectivity index is 1.26. The van der Waals surface area contributed by atoms with Gasteiger partial charge in [-0.3, -0.25) is 34.3 Å². The van der Waals surface area contributed by atoms with Crippen LogP contribution in [0.5, 0.6) is 0 Å². The molecule has 0 saturated carbocycles. The molecule has 4 heterocycles. The second-order valence-corrected chi connectivity index (χ2v) is 8.88. The summed E-state index contributed by atoms with van der Waals surface area (Å²) in [5, 5.41) is 2.18. The van der Waals surface area contributed by atoms with Gasteiger partial charge >= 0.3 is 0 Å². The quantitative estimate of drug-likeness (QED) is 0.545. The zero-order valence-electron chi connectivity index (χ0n) is 18.2. The van der Waals surface area contributed by atoms with Gasteiger partial charge in [-0.15, -0.1) is 0 Å². The Labute approximate surface area is 193 Å². The van der Waals surface area contributed by atoms with Crippen molar-refractivity contribution in [1.82, 2.24) is 20.1 Å². The van der Waals surface area contributed by atoms with Crippen LogP contribution in [0.4, 0.5) is 8.78 Å². The zero-order valence-corrected chi connectivity index (χ0v) is 18.2. The molecule has 0 aliphatic carbocycles. The summed E-state index contributed by atoms with van der Waals surface area (Å²) in [5.41, 5.74) is 1.68. The van der Waals surface area contributed by atoms with E-state index in [1.807, 2.05) is 0 Å². The maximum absolute atomic E-state index is 14.1. The number of likely N-dealkylation sites (tertiary alicyclic amines) is 1. The van der Waals surface area contributed by atoms with Crippen molar-refractivity contribution in [2.24, 2.45) is 0 Å². The first-order chi connectivity index (χ1) is 16.3. The molecule has 5 rings (SSSR count). The third-order valence-corrected chi connectivity index (χ3v) is 6.81. The Kier molecular flexibility index (Phi) is 5.68. The van der Waals surface area contributed by atoms with E-state index in [-0.39, 0.29) is 29.9 Å². The molecule has 34 heavy (non-hydrogen) atoms. The predicted octanol–water partition coefficient (Wildman–Crippen LogP) is 2.14. The van der Waals surface area contributed by atoms with Crippen molar-refractivity contribution in [3.63, 3.8) is 0 Å². The SMILES string of the molecule is O=C1CCC(N2C(=O)c3ccc(CN4CCC(c5ccnc(F)c5F)CC4)cc3C2=O)C(=O)N1. The van der Waals surface area contributed by atoms with Crippen LogP contribution in [0.25, 0.3) is 0 Å². The molecule has 2 aromatic rings. The number of hydrogen-bond acceptors (Lipinski definition) is 6. The van der Waals surface area contributed by atoms with E-state index in [0.717, 1.165) is 10.5 Å². The number of hydrogen-bond donors (Lipinski definition) is 1. The number of carbonyl (C=O) groups is 4. The van der Waals surface area contributed by atoms with E-state index in [1.165, 1.54) is 12.3 Å². The minimum Gasteiger partial charge on any atom is -0.299 e. The molecule has 0 spiro atoms. The van der Waals surface area contributed by atoms with Crippen molar-refractivity contribution in [2.45, 2.75) is 44.2 Å². The molecule has 176 valence electrons. The predicted molar refractivity (Wildman–Crippen MR) is 115 cm³/mol. The van der Waals surface area contributed by atoms with Gasteiger partial charge in [0.25, 0.3) is 11.8 Å². The molecule has 1 atom stereocenters. The third-order valence-electron chi connectivity index (χ3n) is 6.81. The van der Waals surface area contributed by atoms with Gasteiger partial charge in [0.1, 0.15) is 6.04 Å². The first kappa shape index (κ1) is 22.3. The van der Waals surface area contributed by atoms with Crippen molar-refractivity contribution < 1.29 is 28.0 Å². The highest BCUT2D eigenvalue weighted by molar-refractivity contribution is 6.23. The number of nitrogens with zero attached hydrogens (tertiary/aromatic N) is 3. The lowest BCUT2D eigenvalue weighted by atomic mass is 9.89. The molecule has 1 N–H and O–H groups in total. The number of fused-ring (bicyclic) bond motifs is 1. The molecule has 1 aromatic heterocycles. The molecule has 0 bridgehead atoms. The number of pyridine rings is 1. The molecular formula is C24H22F2N4O4. The lowest BCUT2D eigenvalue weighted by Crippen LogP contribution is -2.54. The fourth-order valence-electron chi connectivity index (χ4n) is 5.02. The monoisotopic (exact) mass is 468 g/mol. The number of aromatic nitrogens is 1. The van der Waals surface area contributed by atoms with E-state index in [4.69, 9.17) is 0 Å². The Morgan fingerprint density at radius 2 is 1.71 bits per heavy atom. The van der Waals surface area contributed by atoms with E-state index in [0.29, 0.717) is 38.0 Å².